The Morgan fingerprint density at radius 1 is 1.26 bits per heavy atom. The van der Waals surface area contributed by atoms with Gasteiger partial charge in [-0.05, 0) is 37.6 Å². The Bertz CT molecular complexity index is 602. The molecule has 6 heteroatoms. The fraction of sp³-hybridized carbons (Fsp3) is 0.353. The van der Waals surface area contributed by atoms with Gasteiger partial charge in [0.25, 0.3) is 0 Å². The highest BCUT2D eigenvalue weighted by atomic mass is 127. The van der Waals surface area contributed by atoms with E-state index in [1.165, 1.54) is 0 Å². The topological polar surface area (TPSA) is 49.6 Å². The van der Waals surface area contributed by atoms with E-state index in [0.717, 1.165) is 35.3 Å². The van der Waals surface area contributed by atoms with Crippen LogP contribution in [0.15, 0.2) is 52.1 Å². The van der Waals surface area contributed by atoms with Gasteiger partial charge in [-0.2, -0.15) is 0 Å². The van der Waals surface area contributed by atoms with Gasteiger partial charge in [-0.25, -0.2) is 0 Å². The third kappa shape index (κ3) is 6.43. The Morgan fingerprint density at radius 2 is 2.04 bits per heavy atom. The summed E-state index contributed by atoms with van der Waals surface area (Å²) in [5.74, 6) is 1.72. The first kappa shape index (κ1) is 19.8. The molecule has 0 spiro atoms. The standard InChI is InChI=1S/C17H22ClN3O.HI/c1-3-19-17(20-11-10-14-7-6-12-22-14)21-13(2)15-8-4-5-9-16(15)18;/h4-9,12-13H,3,10-11H2,1-2H3,(H2,19,20,21);1H. The maximum absolute atomic E-state index is 6.24. The average molecular weight is 448 g/mol. The largest absolute Gasteiger partial charge is 0.469 e. The fourth-order valence-corrected chi connectivity index (χ4v) is 2.46. The van der Waals surface area contributed by atoms with Crippen LogP contribution in [-0.4, -0.2) is 19.0 Å². The van der Waals surface area contributed by atoms with Crippen molar-refractivity contribution in [2.75, 3.05) is 13.1 Å². The predicted molar refractivity (Wildman–Crippen MR) is 107 cm³/mol. The van der Waals surface area contributed by atoms with E-state index in [1.54, 1.807) is 6.26 Å². The van der Waals surface area contributed by atoms with Crippen LogP contribution in [0.1, 0.15) is 31.2 Å². The molecule has 1 aromatic carbocycles. The molecule has 23 heavy (non-hydrogen) atoms. The zero-order chi connectivity index (χ0) is 15.8. The first-order valence-electron chi connectivity index (χ1n) is 7.52. The molecule has 2 aromatic rings. The van der Waals surface area contributed by atoms with Crippen LogP contribution in [0.25, 0.3) is 0 Å². The molecule has 0 aliphatic heterocycles. The Hall–Kier alpha value is -1.21. The Balaban J connectivity index is 0.00000264. The molecule has 0 saturated heterocycles. The third-order valence-electron chi connectivity index (χ3n) is 3.28. The molecule has 4 nitrogen and oxygen atoms in total. The molecule has 2 rings (SSSR count). The van der Waals surface area contributed by atoms with Crippen molar-refractivity contribution in [2.45, 2.75) is 26.3 Å². The molecule has 126 valence electrons. The number of aliphatic imine (C=N–C) groups is 1. The second-order valence-electron chi connectivity index (χ2n) is 4.98. The van der Waals surface area contributed by atoms with Gasteiger partial charge in [0, 0.05) is 24.5 Å². The van der Waals surface area contributed by atoms with Crippen molar-refractivity contribution in [2.24, 2.45) is 4.99 Å². The van der Waals surface area contributed by atoms with Crippen LogP contribution in [0.4, 0.5) is 0 Å². The summed E-state index contributed by atoms with van der Waals surface area (Å²) in [6.45, 7) is 5.59. The van der Waals surface area contributed by atoms with E-state index in [4.69, 9.17) is 16.0 Å². The number of furan rings is 1. The molecule has 0 saturated carbocycles. The number of hydrogen-bond acceptors (Lipinski definition) is 2. The highest BCUT2D eigenvalue weighted by Crippen LogP contribution is 2.21. The van der Waals surface area contributed by atoms with Crippen LogP contribution < -0.4 is 10.6 Å². The van der Waals surface area contributed by atoms with Crippen LogP contribution in [0.5, 0.6) is 0 Å². The summed E-state index contributed by atoms with van der Waals surface area (Å²) >= 11 is 6.24. The van der Waals surface area contributed by atoms with Gasteiger partial charge >= 0.3 is 0 Å². The third-order valence-corrected chi connectivity index (χ3v) is 3.62. The molecule has 1 aromatic heterocycles. The molecule has 1 heterocycles. The van der Waals surface area contributed by atoms with Crippen LogP contribution in [-0.2, 0) is 6.42 Å². The zero-order valence-corrected chi connectivity index (χ0v) is 16.5. The minimum absolute atomic E-state index is 0. The highest BCUT2D eigenvalue weighted by Gasteiger charge is 2.10. The number of hydrogen-bond donors (Lipinski definition) is 2. The minimum Gasteiger partial charge on any atom is -0.469 e. The molecule has 2 N–H and O–H groups in total. The summed E-state index contributed by atoms with van der Waals surface area (Å²) in [6.07, 6.45) is 2.46. The minimum atomic E-state index is 0. The molecular formula is C17H23ClIN3O. The van der Waals surface area contributed by atoms with Crippen molar-refractivity contribution in [3.8, 4) is 0 Å². The molecule has 0 bridgehead atoms. The second kappa shape index (κ2) is 10.5. The predicted octanol–water partition coefficient (Wildman–Crippen LogP) is 4.41. The summed E-state index contributed by atoms with van der Waals surface area (Å²) in [7, 11) is 0. The molecule has 0 fully saturated rings. The summed E-state index contributed by atoms with van der Waals surface area (Å²) in [6, 6.07) is 11.8. The van der Waals surface area contributed by atoms with E-state index in [1.807, 2.05) is 43.3 Å². The Kier molecular flexibility index (Phi) is 9.09. The molecule has 1 atom stereocenters. The van der Waals surface area contributed by atoms with E-state index in [-0.39, 0.29) is 30.0 Å². The van der Waals surface area contributed by atoms with Gasteiger partial charge in [0.1, 0.15) is 5.76 Å². The molecular weight excluding hydrogens is 425 g/mol. The lowest BCUT2D eigenvalue weighted by molar-refractivity contribution is 0.510. The first-order chi connectivity index (χ1) is 10.7. The number of halogens is 2. The van der Waals surface area contributed by atoms with Crippen molar-refractivity contribution in [3.05, 3.63) is 59.0 Å². The molecule has 0 amide bonds. The summed E-state index contributed by atoms with van der Waals surface area (Å²) in [5.41, 5.74) is 1.06. The van der Waals surface area contributed by atoms with E-state index in [2.05, 4.69) is 22.5 Å². The lowest BCUT2D eigenvalue weighted by Crippen LogP contribution is -2.39. The monoisotopic (exact) mass is 447 g/mol. The second-order valence-corrected chi connectivity index (χ2v) is 5.38. The van der Waals surface area contributed by atoms with Gasteiger partial charge in [-0.1, -0.05) is 29.8 Å². The lowest BCUT2D eigenvalue weighted by Gasteiger charge is -2.19. The number of guanidine groups is 1. The van der Waals surface area contributed by atoms with Crippen LogP contribution in [0, 0.1) is 0 Å². The molecule has 1 unspecified atom stereocenters. The maximum atomic E-state index is 6.24. The average Bonchev–Trinajstić information content (AvgIpc) is 3.01. The van der Waals surface area contributed by atoms with Gasteiger partial charge in [0.2, 0.25) is 0 Å². The van der Waals surface area contributed by atoms with Gasteiger partial charge < -0.3 is 15.1 Å². The number of nitrogens with zero attached hydrogens (tertiary/aromatic N) is 1. The first-order valence-corrected chi connectivity index (χ1v) is 7.90. The summed E-state index contributed by atoms with van der Waals surface area (Å²) in [5, 5.41) is 7.39. The van der Waals surface area contributed by atoms with Gasteiger partial charge in [-0.3, -0.25) is 4.99 Å². The van der Waals surface area contributed by atoms with E-state index < -0.39 is 0 Å². The van der Waals surface area contributed by atoms with Gasteiger partial charge in [-0.15, -0.1) is 24.0 Å². The van der Waals surface area contributed by atoms with Crippen molar-refractivity contribution in [1.82, 2.24) is 10.6 Å². The normalized spacial score (nSPS) is 12.4. The lowest BCUT2D eigenvalue weighted by atomic mass is 10.1. The van der Waals surface area contributed by atoms with Crippen molar-refractivity contribution in [3.63, 3.8) is 0 Å². The quantitative estimate of drug-likeness (QED) is 0.392. The van der Waals surface area contributed by atoms with Crippen LogP contribution in [0.2, 0.25) is 5.02 Å². The van der Waals surface area contributed by atoms with Crippen LogP contribution >= 0.6 is 35.6 Å². The maximum Gasteiger partial charge on any atom is 0.191 e. The van der Waals surface area contributed by atoms with Crippen molar-refractivity contribution < 1.29 is 4.42 Å². The van der Waals surface area contributed by atoms with E-state index in [9.17, 15) is 0 Å². The smallest absolute Gasteiger partial charge is 0.191 e. The van der Waals surface area contributed by atoms with Gasteiger partial charge in [0.15, 0.2) is 5.96 Å². The van der Waals surface area contributed by atoms with Crippen LogP contribution in [0.3, 0.4) is 0 Å². The van der Waals surface area contributed by atoms with E-state index >= 15 is 0 Å². The zero-order valence-electron chi connectivity index (χ0n) is 13.4. The molecule has 0 aliphatic carbocycles. The van der Waals surface area contributed by atoms with Gasteiger partial charge in [0.05, 0.1) is 12.3 Å². The Morgan fingerprint density at radius 3 is 2.70 bits per heavy atom. The fourth-order valence-electron chi connectivity index (χ4n) is 2.16. The number of rotatable bonds is 6. The SMILES string of the molecule is CCNC(=NCCc1ccco1)NC(C)c1ccccc1Cl.I. The molecule has 0 radical (unpaired) electrons. The Labute approximate surface area is 159 Å². The number of nitrogens with one attached hydrogen (secondary N) is 2. The highest BCUT2D eigenvalue weighted by molar-refractivity contribution is 14.0. The molecule has 0 aliphatic rings. The summed E-state index contributed by atoms with van der Waals surface area (Å²) in [4.78, 5) is 4.57. The number of benzene rings is 1. The van der Waals surface area contributed by atoms with Crippen molar-refractivity contribution >= 4 is 41.5 Å². The van der Waals surface area contributed by atoms with E-state index in [0.29, 0.717) is 6.54 Å². The van der Waals surface area contributed by atoms with Crippen molar-refractivity contribution in [1.29, 1.82) is 0 Å². The summed E-state index contributed by atoms with van der Waals surface area (Å²) < 4.78 is 5.31.